The van der Waals surface area contributed by atoms with Gasteiger partial charge in [-0.3, -0.25) is 8.74 Å². The molecule has 11 heteroatoms. The van der Waals surface area contributed by atoms with Gasteiger partial charge in [-0.15, -0.1) is 5.11 Å². The molecule has 0 aliphatic rings. The van der Waals surface area contributed by atoms with E-state index in [4.69, 9.17) is 4.55 Å². The summed E-state index contributed by atoms with van der Waals surface area (Å²) in [5, 5.41) is 19.6. The van der Waals surface area contributed by atoms with Gasteiger partial charge in [-0.25, -0.2) is 0 Å². The average Bonchev–Trinajstić information content (AvgIpc) is 2.74. The number of phenolic OH excluding ortho intramolecular Hbond substituents is 1. The zero-order valence-corrected chi connectivity index (χ0v) is 19.1. The van der Waals surface area contributed by atoms with Crippen molar-refractivity contribution in [3.63, 3.8) is 0 Å². The first-order chi connectivity index (χ1) is 14.6. The van der Waals surface area contributed by atoms with Crippen LogP contribution in [-0.4, -0.2) is 34.6 Å². The molecule has 0 fully saturated rings. The minimum Gasteiger partial charge on any atom is -0.505 e. The van der Waals surface area contributed by atoms with Gasteiger partial charge < -0.3 is 18.8 Å². The lowest BCUT2D eigenvalue weighted by Crippen LogP contribution is -1.97. The third-order valence-electron chi connectivity index (χ3n) is 3.75. The molecule has 5 N–H and O–H groups in total. The first-order valence-electron chi connectivity index (χ1n) is 9.03. The van der Waals surface area contributed by atoms with Gasteiger partial charge in [-0.05, 0) is 36.1 Å². The van der Waals surface area contributed by atoms with Crippen LogP contribution in [-0.2, 0) is 15.5 Å². The first kappa shape index (κ1) is 26.7. The highest BCUT2D eigenvalue weighted by molar-refractivity contribution is 8.19. The average molecular weight is 471 g/mol. The summed E-state index contributed by atoms with van der Waals surface area (Å²) in [5.74, 6) is -0.255. The summed E-state index contributed by atoms with van der Waals surface area (Å²) in [6.07, 6.45) is 0. The van der Waals surface area contributed by atoms with Gasteiger partial charge in [-0.2, -0.15) is 9.32 Å². The fourth-order valence-corrected chi connectivity index (χ4v) is 3.17. The number of azo groups is 1. The molecule has 31 heavy (non-hydrogen) atoms. The van der Waals surface area contributed by atoms with E-state index in [0.717, 1.165) is 12.7 Å². The smallest absolute Gasteiger partial charge is 0.301 e. The van der Waals surface area contributed by atoms with Crippen molar-refractivity contribution in [2.45, 2.75) is 25.7 Å². The standard InChI is InChI=1S/C17H16N2O4S.C2H6.CH4O3S/c1-11-6-5-7-12-10-14(24(21,22)23)16(17(20)15(11)12)19-18-13-8-3-2-4-9-13;1-2;1-4-5(2)3/h2-10,20-23H,1H3;1-2H3;1H3,(H,2,3). The van der Waals surface area contributed by atoms with Gasteiger partial charge in [0, 0.05) is 5.39 Å². The van der Waals surface area contributed by atoms with E-state index in [1.165, 1.54) is 6.07 Å². The van der Waals surface area contributed by atoms with Crippen LogP contribution in [0.2, 0.25) is 0 Å². The van der Waals surface area contributed by atoms with Crippen molar-refractivity contribution in [1.29, 1.82) is 0 Å². The normalized spacial score (nSPS) is 12.5. The van der Waals surface area contributed by atoms with Crippen molar-refractivity contribution in [2.24, 2.45) is 10.2 Å². The van der Waals surface area contributed by atoms with Crippen LogP contribution in [0.15, 0.2) is 69.7 Å². The number of rotatable bonds is 4. The van der Waals surface area contributed by atoms with Gasteiger partial charge in [0.2, 0.25) is 0 Å². The van der Waals surface area contributed by atoms with E-state index in [-0.39, 0.29) is 16.3 Å². The third kappa shape index (κ3) is 7.67. The van der Waals surface area contributed by atoms with E-state index in [1.807, 2.05) is 32.9 Å². The summed E-state index contributed by atoms with van der Waals surface area (Å²) in [5.41, 5.74) is 1.16. The predicted octanol–water partition coefficient (Wildman–Crippen LogP) is 6.65. The summed E-state index contributed by atoms with van der Waals surface area (Å²) in [6, 6.07) is 15.5. The summed E-state index contributed by atoms with van der Waals surface area (Å²) in [4.78, 5) is -0.266. The highest BCUT2D eigenvalue weighted by Crippen LogP contribution is 2.54. The molecule has 0 heterocycles. The molecular weight excluding hydrogens is 444 g/mol. The highest BCUT2D eigenvalue weighted by Gasteiger charge is 2.25. The van der Waals surface area contributed by atoms with Crippen LogP contribution in [0.3, 0.4) is 0 Å². The first-order valence-corrected chi connectivity index (χ1v) is 11.6. The SMILES string of the molecule is CC.COS(=O)O.Cc1cccc2cc(S(O)(O)O)c(N=Nc3ccccc3)c(O)c12. The number of hydrogen-bond donors (Lipinski definition) is 5. The van der Waals surface area contributed by atoms with E-state index in [0.29, 0.717) is 16.5 Å². The number of aromatic hydroxyl groups is 1. The molecular formula is C20H26N2O7S2. The Balaban J connectivity index is 0.000000605. The molecule has 0 spiro atoms. The largest absolute Gasteiger partial charge is 0.505 e. The lowest BCUT2D eigenvalue weighted by Gasteiger charge is -2.22. The van der Waals surface area contributed by atoms with E-state index < -0.39 is 22.2 Å². The number of benzene rings is 3. The van der Waals surface area contributed by atoms with Gasteiger partial charge in [0.15, 0.2) is 5.75 Å². The summed E-state index contributed by atoms with van der Waals surface area (Å²) in [6.45, 7) is 5.82. The Morgan fingerprint density at radius 1 is 0.968 bits per heavy atom. The molecule has 1 unspecified atom stereocenters. The molecule has 0 amide bonds. The van der Waals surface area contributed by atoms with Crippen molar-refractivity contribution >= 4 is 44.4 Å². The Hall–Kier alpha value is -2.38. The predicted molar refractivity (Wildman–Crippen MR) is 124 cm³/mol. The molecule has 3 rings (SSSR count). The van der Waals surface area contributed by atoms with Crippen LogP contribution in [0.5, 0.6) is 5.75 Å². The van der Waals surface area contributed by atoms with Crippen molar-refractivity contribution in [3.05, 3.63) is 60.2 Å². The Kier molecular flexibility index (Phi) is 10.7. The molecule has 0 aromatic heterocycles. The van der Waals surface area contributed by atoms with Gasteiger partial charge in [-0.1, -0.05) is 50.2 Å². The van der Waals surface area contributed by atoms with E-state index >= 15 is 0 Å². The maximum Gasteiger partial charge on any atom is 0.301 e. The van der Waals surface area contributed by atoms with Gasteiger partial charge in [0.25, 0.3) is 0 Å². The maximum absolute atomic E-state index is 10.6. The Morgan fingerprint density at radius 2 is 1.55 bits per heavy atom. The zero-order chi connectivity index (χ0) is 23.6. The molecule has 0 aliphatic heterocycles. The van der Waals surface area contributed by atoms with E-state index in [1.54, 1.807) is 36.4 Å². The molecule has 0 radical (unpaired) electrons. The molecule has 3 aromatic rings. The van der Waals surface area contributed by atoms with Gasteiger partial charge >= 0.3 is 11.4 Å². The lowest BCUT2D eigenvalue weighted by atomic mass is 10.0. The van der Waals surface area contributed by atoms with Crippen LogP contribution in [0.25, 0.3) is 10.8 Å². The van der Waals surface area contributed by atoms with E-state index in [2.05, 4.69) is 14.4 Å². The fraction of sp³-hybridized carbons (Fsp3) is 0.200. The fourth-order valence-electron chi connectivity index (χ4n) is 2.49. The molecule has 170 valence electrons. The molecule has 0 saturated heterocycles. The van der Waals surface area contributed by atoms with Crippen LogP contribution in [0.1, 0.15) is 19.4 Å². The highest BCUT2D eigenvalue weighted by atomic mass is 32.3. The molecule has 0 saturated carbocycles. The minimum atomic E-state index is -4.08. The Bertz CT molecular complexity index is 1040. The van der Waals surface area contributed by atoms with E-state index in [9.17, 15) is 23.0 Å². The number of phenols is 1. The molecule has 0 bridgehead atoms. The molecule has 0 aliphatic carbocycles. The second-order valence-electron chi connectivity index (χ2n) is 5.68. The van der Waals surface area contributed by atoms with Crippen LogP contribution in [0.4, 0.5) is 11.4 Å². The summed E-state index contributed by atoms with van der Waals surface area (Å²) in [7, 11) is -2.93. The second-order valence-corrected chi connectivity index (χ2v) is 7.93. The van der Waals surface area contributed by atoms with Gasteiger partial charge in [0.05, 0.1) is 17.7 Å². The van der Waals surface area contributed by atoms with Crippen LogP contribution >= 0.6 is 10.9 Å². The number of aryl methyl sites for hydroxylation is 1. The molecule has 9 nitrogen and oxygen atoms in total. The second kappa shape index (κ2) is 12.5. The van der Waals surface area contributed by atoms with Crippen molar-refractivity contribution in [3.8, 4) is 5.75 Å². The van der Waals surface area contributed by atoms with Crippen molar-refractivity contribution in [1.82, 2.24) is 0 Å². The monoisotopic (exact) mass is 470 g/mol. The summed E-state index contributed by atoms with van der Waals surface area (Å²) >= 11 is -2.07. The number of fused-ring (bicyclic) bond motifs is 1. The number of hydrogen-bond acceptors (Lipinski definition) is 8. The minimum absolute atomic E-state index is 0.164. The Labute approximate surface area is 185 Å². The quantitative estimate of drug-likeness (QED) is 0.211. The van der Waals surface area contributed by atoms with Crippen LogP contribution in [0, 0.1) is 6.92 Å². The Morgan fingerprint density at radius 3 is 2.06 bits per heavy atom. The van der Waals surface area contributed by atoms with Crippen LogP contribution < -0.4 is 0 Å². The summed E-state index contributed by atoms with van der Waals surface area (Å²) < 4.78 is 49.8. The maximum atomic E-state index is 10.6. The lowest BCUT2D eigenvalue weighted by molar-refractivity contribution is 0.375. The third-order valence-corrected chi connectivity index (χ3v) is 4.93. The van der Waals surface area contributed by atoms with Crippen molar-refractivity contribution in [2.75, 3.05) is 7.11 Å². The topological polar surface area (TPSA) is 152 Å². The zero-order valence-electron chi connectivity index (χ0n) is 17.5. The van der Waals surface area contributed by atoms with Crippen molar-refractivity contribution < 1.29 is 31.7 Å². The molecule has 1 atom stereocenters. The number of nitrogens with zero attached hydrogens (tertiary/aromatic N) is 2. The molecule has 3 aromatic carbocycles. The van der Waals surface area contributed by atoms with Gasteiger partial charge in [0.1, 0.15) is 16.6 Å².